The maximum Gasteiger partial charge on any atom is 0.194 e. The molecule has 1 aromatic carbocycles. The summed E-state index contributed by atoms with van der Waals surface area (Å²) in [6.07, 6.45) is 8.84. The fourth-order valence-corrected chi connectivity index (χ4v) is 4.12. The highest BCUT2D eigenvalue weighted by molar-refractivity contribution is 5.80. The minimum atomic E-state index is 0.591. The van der Waals surface area contributed by atoms with E-state index in [1.165, 1.54) is 43.4 Å². The monoisotopic (exact) mass is 352 g/mol. The van der Waals surface area contributed by atoms with Crippen molar-refractivity contribution in [3.8, 4) is 0 Å². The van der Waals surface area contributed by atoms with Gasteiger partial charge in [-0.1, -0.05) is 30.7 Å². The highest BCUT2D eigenvalue weighted by atomic mass is 15.3. The first-order valence-corrected chi connectivity index (χ1v) is 9.70. The molecule has 26 heavy (non-hydrogen) atoms. The van der Waals surface area contributed by atoms with E-state index >= 15 is 0 Å². The van der Waals surface area contributed by atoms with Gasteiger partial charge in [0.15, 0.2) is 5.96 Å². The first-order chi connectivity index (χ1) is 12.8. The second-order valence-electron chi connectivity index (χ2n) is 7.61. The van der Waals surface area contributed by atoms with E-state index in [0.717, 1.165) is 25.6 Å². The molecular weight excluding hydrogens is 324 g/mol. The molecule has 138 valence electrons. The van der Waals surface area contributed by atoms with E-state index in [2.05, 4.69) is 51.5 Å². The predicted octanol–water partition coefficient (Wildman–Crippen LogP) is 2.67. The molecule has 0 bridgehead atoms. The van der Waals surface area contributed by atoms with Crippen molar-refractivity contribution in [2.75, 3.05) is 19.6 Å². The number of hydrogen-bond donors (Lipinski definition) is 1. The standard InChI is InChI=1S/C20H28N6/c1-2-22-19(25-10-9-20(14-25)7-4-8-20)23-12-17-5-3-6-18(11-17)13-26-16-21-15-24-26/h3,5-6,11,15-16H,2,4,7-10,12-14H2,1H3,(H,22,23). The Morgan fingerprint density at radius 2 is 2.15 bits per heavy atom. The van der Waals surface area contributed by atoms with Crippen molar-refractivity contribution in [3.05, 3.63) is 48.0 Å². The van der Waals surface area contributed by atoms with Crippen molar-refractivity contribution in [3.63, 3.8) is 0 Å². The molecule has 1 aliphatic heterocycles. The molecule has 6 heteroatoms. The highest BCUT2D eigenvalue weighted by Crippen LogP contribution is 2.47. The van der Waals surface area contributed by atoms with Crippen LogP contribution in [0.15, 0.2) is 41.9 Å². The highest BCUT2D eigenvalue weighted by Gasteiger charge is 2.43. The largest absolute Gasteiger partial charge is 0.357 e. The Kier molecular flexibility index (Phi) is 4.91. The number of benzene rings is 1. The van der Waals surface area contributed by atoms with Crippen LogP contribution in [0.3, 0.4) is 0 Å². The van der Waals surface area contributed by atoms with Crippen molar-refractivity contribution in [2.24, 2.45) is 10.4 Å². The van der Waals surface area contributed by atoms with E-state index in [-0.39, 0.29) is 0 Å². The third-order valence-corrected chi connectivity index (χ3v) is 5.70. The van der Waals surface area contributed by atoms with Crippen LogP contribution in [0.25, 0.3) is 0 Å². The number of likely N-dealkylation sites (tertiary alicyclic amines) is 1. The molecule has 0 unspecified atom stereocenters. The average Bonchev–Trinajstić information content (AvgIpc) is 3.28. The molecule has 0 amide bonds. The van der Waals surface area contributed by atoms with E-state index in [1.54, 1.807) is 12.7 Å². The summed E-state index contributed by atoms with van der Waals surface area (Å²) in [5.41, 5.74) is 3.05. The first kappa shape index (κ1) is 17.1. The van der Waals surface area contributed by atoms with Gasteiger partial charge in [-0.2, -0.15) is 5.10 Å². The number of guanidine groups is 1. The number of aromatic nitrogens is 3. The Morgan fingerprint density at radius 1 is 1.27 bits per heavy atom. The molecule has 2 fully saturated rings. The molecule has 1 saturated heterocycles. The van der Waals surface area contributed by atoms with Gasteiger partial charge in [0.25, 0.3) is 0 Å². The normalized spacial score (nSPS) is 19.0. The van der Waals surface area contributed by atoms with Gasteiger partial charge < -0.3 is 10.2 Å². The molecule has 2 heterocycles. The van der Waals surface area contributed by atoms with Crippen molar-refractivity contribution in [1.29, 1.82) is 0 Å². The van der Waals surface area contributed by atoms with Crippen LogP contribution in [-0.4, -0.2) is 45.3 Å². The lowest BCUT2D eigenvalue weighted by molar-refractivity contribution is 0.151. The van der Waals surface area contributed by atoms with E-state index in [1.807, 2.05) is 4.68 Å². The smallest absolute Gasteiger partial charge is 0.194 e. The van der Waals surface area contributed by atoms with E-state index < -0.39 is 0 Å². The molecular formula is C20H28N6. The van der Waals surface area contributed by atoms with Crippen LogP contribution in [0, 0.1) is 5.41 Å². The van der Waals surface area contributed by atoms with Crippen molar-refractivity contribution < 1.29 is 0 Å². The molecule has 4 rings (SSSR count). The number of aliphatic imine (C=N–C) groups is 1. The van der Waals surface area contributed by atoms with E-state index in [9.17, 15) is 0 Å². The fourth-order valence-electron chi connectivity index (χ4n) is 4.12. The van der Waals surface area contributed by atoms with Crippen LogP contribution in [-0.2, 0) is 13.1 Å². The van der Waals surface area contributed by atoms with Crippen LogP contribution in [0.4, 0.5) is 0 Å². The summed E-state index contributed by atoms with van der Waals surface area (Å²) in [6, 6.07) is 8.59. The zero-order valence-corrected chi connectivity index (χ0v) is 15.6. The summed E-state index contributed by atoms with van der Waals surface area (Å²) in [7, 11) is 0. The molecule has 6 nitrogen and oxygen atoms in total. The van der Waals surface area contributed by atoms with Gasteiger partial charge in [-0.25, -0.2) is 14.7 Å². The second-order valence-corrected chi connectivity index (χ2v) is 7.61. The van der Waals surface area contributed by atoms with Gasteiger partial charge in [0, 0.05) is 19.6 Å². The van der Waals surface area contributed by atoms with Gasteiger partial charge in [-0.15, -0.1) is 0 Å². The Morgan fingerprint density at radius 3 is 2.85 bits per heavy atom. The van der Waals surface area contributed by atoms with Crippen molar-refractivity contribution >= 4 is 5.96 Å². The van der Waals surface area contributed by atoms with Crippen LogP contribution in [0.2, 0.25) is 0 Å². The van der Waals surface area contributed by atoms with Crippen LogP contribution < -0.4 is 5.32 Å². The molecule has 0 radical (unpaired) electrons. The quantitative estimate of drug-likeness (QED) is 0.664. The summed E-state index contributed by atoms with van der Waals surface area (Å²) < 4.78 is 1.84. The lowest BCUT2D eigenvalue weighted by Gasteiger charge is -2.38. The van der Waals surface area contributed by atoms with Crippen LogP contribution in [0.5, 0.6) is 0 Å². The van der Waals surface area contributed by atoms with E-state index in [0.29, 0.717) is 12.0 Å². The third kappa shape index (κ3) is 3.74. The molecule has 0 atom stereocenters. The molecule has 1 aliphatic carbocycles. The third-order valence-electron chi connectivity index (χ3n) is 5.70. The van der Waals surface area contributed by atoms with Crippen LogP contribution in [0.1, 0.15) is 43.7 Å². The minimum absolute atomic E-state index is 0.591. The lowest BCUT2D eigenvalue weighted by Crippen LogP contribution is -2.42. The summed E-state index contributed by atoms with van der Waals surface area (Å²) >= 11 is 0. The molecule has 1 saturated carbocycles. The maximum absolute atomic E-state index is 4.92. The molecule has 1 N–H and O–H groups in total. The maximum atomic E-state index is 4.92. The molecule has 2 aromatic rings. The van der Waals surface area contributed by atoms with Crippen molar-refractivity contribution in [2.45, 2.75) is 45.7 Å². The van der Waals surface area contributed by atoms with Crippen LogP contribution >= 0.6 is 0 Å². The Hall–Kier alpha value is -2.37. The van der Waals surface area contributed by atoms with Gasteiger partial charge in [0.05, 0.1) is 13.1 Å². The second kappa shape index (κ2) is 7.48. The topological polar surface area (TPSA) is 58.3 Å². The Labute approximate surface area is 155 Å². The molecule has 2 aliphatic rings. The van der Waals surface area contributed by atoms with Gasteiger partial charge in [-0.3, -0.25) is 0 Å². The number of nitrogens with zero attached hydrogens (tertiary/aromatic N) is 5. The van der Waals surface area contributed by atoms with Gasteiger partial charge >= 0.3 is 0 Å². The first-order valence-electron chi connectivity index (χ1n) is 9.70. The van der Waals surface area contributed by atoms with Gasteiger partial charge in [0.2, 0.25) is 0 Å². The zero-order chi connectivity index (χ0) is 17.8. The predicted molar refractivity (Wildman–Crippen MR) is 103 cm³/mol. The van der Waals surface area contributed by atoms with E-state index in [4.69, 9.17) is 4.99 Å². The summed E-state index contributed by atoms with van der Waals surface area (Å²) in [5.74, 6) is 1.07. The SMILES string of the molecule is CCNC(=NCc1cccc(Cn2cncn2)c1)N1CCC2(CCC2)C1. The lowest BCUT2D eigenvalue weighted by atomic mass is 9.68. The van der Waals surface area contributed by atoms with Gasteiger partial charge in [-0.05, 0) is 42.7 Å². The minimum Gasteiger partial charge on any atom is -0.357 e. The molecule has 1 aromatic heterocycles. The average molecular weight is 352 g/mol. The number of hydrogen-bond acceptors (Lipinski definition) is 3. The van der Waals surface area contributed by atoms with Gasteiger partial charge in [0.1, 0.15) is 12.7 Å². The summed E-state index contributed by atoms with van der Waals surface area (Å²) in [4.78, 5) is 11.4. The number of nitrogens with one attached hydrogen (secondary N) is 1. The summed E-state index contributed by atoms with van der Waals surface area (Å²) in [6.45, 7) is 6.81. The number of rotatable bonds is 5. The zero-order valence-electron chi connectivity index (χ0n) is 15.6. The Balaban J connectivity index is 1.43. The Bertz CT molecular complexity index is 747. The molecule has 1 spiro atoms. The fraction of sp³-hybridized carbons (Fsp3) is 0.550. The van der Waals surface area contributed by atoms with Crippen molar-refractivity contribution in [1.82, 2.24) is 25.0 Å². The summed E-state index contributed by atoms with van der Waals surface area (Å²) in [5, 5.41) is 7.67.